The van der Waals surface area contributed by atoms with Crippen LogP contribution in [-0.2, 0) is 19.1 Å². The molecule has 22 heavy (non-hydrogen) atoms. The van der Waals surface area contributed by atoms with Crippen LogP contribution in [0.25, 0.3) is 6.08 Å². The van der Waals surface area contributed by atoms with Gasteiger partial charge in [0.25, 0.3) is 0 Å². The number of fused-ring (bicyclic) bond motifs is 1. The van der Waals surface area contributed by atoms with Crippen molar-refractivity contribution in [2.75, 3.05) is 14.2 Å². The predicted octanol–water partition coefficient (Wildman–Crippen LogP) is 1.88. The van der Waals surface area contributed by atoms with Gasteiger partial charge in [0.15, 0.2) is 0 Å². The number of ether oxygens (including phenoxy) is 2. The van der Waals surface area contributed by atoms with E-state index < -0.39 is 18.0 Å². The van der Waals surface area contributed by atoms with E-state index in [1.807, 2.05) is 30.3 Å². The Morgan fingerprint density at radius 3 is 2.64 bits per heavy atom. The van der Waals surface area contributed by atoms with Crippen LogP contribution in [-0.4, -0.2) is 31.1 Å². The number of esters is 2. The van der Waals surface area contributed by atoms with Crippen LogP contribution >= 0.6 is 0 Å². The van der Waals surface area contributed by atoms with Gasteiger partial charge in [0.2, 0.25) is 0 Å². The predicted molar refractivity (Wildman–Crippen MR) is 81.0 cm³/mol. The average Bonchev–Trinajstić information content (AvgIpc) is 2.57. The largest absolute Gasteiger partial charge is 0.466 e. The van der Waals surface area contributed by atoms with Gasteiger partial charge in [0, 0.05) is 6.20 Å². The zero-order valence-electron chi connectivity index (χ0n) is 12.3. The smallest absolute Gasteiger partial charge is 0.354 e. The second-order valence-corrected chi connectivity index (χ2v) is 4.47. The van der Waals surface area contributed by atoms with Gasteiger partial charge in [0.1, 0.15) is 11.7 Å². The molecule has 1 aromatic rings. The Labute approximate surface area is 128 Å². The third kappa shape index (κ3) is 2.86. The van der Waals surface area contributed by atoms with E-state index in [0.29, 0.717) is 0 Å². The van der Waals surface area contributed by atoms with Crippen LogP contribution in [0.4, 0.5) is 0 Å². The number of benzene rings is 1. The maximum Gasteiger partial charge on any atom is 0.354 e. The number of nitrogens with zero attached hydrogens (tertiary/aromatic N) is 1. The molecule has 0 spiro atoms. The lowest BCUT2D eigenvalue weighted by atomic mass is 9.96. The monoisotopic (exact) mass is 297 g/mol. The second kappa shape index (κ2) is 6.64. The number of hydrogen-bond acceptors (Lipinski definition) is 5. The highest BCUT2D eigenvalue weighted by Gasteiger charge is 2.28. The summed E-state index contributed by atoms with van der Waals surface area (Å²) in [6.45, 7) is 0. The Morgan fingerprint density at radius 2 is 2.00 bits per heavy atom. The van der Waals surface area contributed by atoms with E-state index in [4.69, 9.17) is 11.2 Å². The highest BCUT2D eigenvalue weighted by atomic mass is 16.5. The summed E-state index contributed by atoms with van der Waals surface area (Å²) in [7, 11) is 2.47. The quantitative estimate of drug-likeness (QED) is 0.484. The number of carbonyl (C=O) groups excluding carboxylic acids is 2. The van der Waals surface area contributed by atoms with Crippen molar-refractivity contribution < 1.29 is 19.1 Å². The van der Waals surface area contributed by atoms with Crippen molar-refractivity contribution in [3.8, 4) is 12.3 Å². The topological polar surface area (TPSA) is 55.8 Å². The summed E-state index contributed by atoms with van der Waals surface area (Å²) in [4.78, 5) is 25.0. The molecule has 5 nitrogen and oxygen atoms in total. The van der Waals surface area contributed by atoms with Crippen molar-refractivity contribution in [2.45, 2.75) is 6.04 Å². The molecule has 0 bridgehead atoms. The number of methoxy groups -OCH3 is 2. The van der Waals surface area contributed by atoms with E-state index in [1.165, 1.54) is 19.1 Å². The number of terminal acetylenes is 1. The van der Waals surface area contributed by atoms with E-state index in [1.54, 1.807) is 6.20 Å². The first-order chi connectivity index (χ1) is 10.6. The molecule has 112 valence electrons. The SMILES string of the molecule is C#CC1c2ccccc2C=CN1/C(=C/C(=O)OC)C(=O)OC. The van der Waals surface area contributed by atoms with E-state index in [9.17, 15) is 9.59 Å². The Kier molecular flexibility index (Phi) is 4.64. The summed E-state index contributed by atoms with van der Waals surface area (Å²) in [6, 6.07) is 7.05. The van der Waals surface area contributed by atoms with Crippen LogP contribution in [0.1, 0.15) is 17.2 Å². The molecule has 1 unspecified atom stereocenters. The fourth-order valence-corrected chi connectivity index (χ4v) is 2.21. The molecule has 0 aliphatic carbocycles. The number of carbonyl (C=O) groups is 2. The lowest BCUT2D eigenvalue weighted by Crippen LogP contribution is -2.30. The highest BCUT2D eigenvalue weighted by molar-refractivity contribution is 5.96. The molecule has 2 rings (SSSR count). The maximum absolute atomic E-state index is 12.0. The van der Waals surface area contributed by atoms with Crippen LogP contribution in [0.15, 0.2) is 42.2 Å². The fraction of sp³-hybridized carbons (Fsp3) is 0.176. The summed E-state index contributed by atoms with van der Waals surface area (Å²) >= 11 is 0. The van der Waals surface area contributed by atoms with E-state index in [2.05, 4.69) is 10.7 Å². The standard InChI is InChI=1S/C17H15NO4/c1-4-14-13-8-6-5-7-12(13)9-10-18(14)15(17(20)22-3)11-16(19)21-2/h1,5-11,14H,2-3H3/b15-11+. The van der Waals surface area contributed by atoms with Crippen molar-refractivity contribution in [3.05, 3.63) is 53.4 Å². The molecule has 0 saturated carbocycles. The molecule has 1 atom stereocenters. The normalized spacial score (nSPS) is 16.5. The molecule has 0 saturated heterocycles. The van der Waals surface area contributed by atoms with Crippen LogP contribution in [0.5, 0.6) is 0 Å². The molecule has 0 radical (unpaired) electrons. The van der Waals surface area contributed by atoms with Gasteiger partial charge in [-0.25, -0.2) is 9.59 Å². The number of rotatable bonds is 3. The van der Waals surface area contributed by atoms with Crippen LogP contribution in [0.2, 0.25) is 0 Å². The fourth-order valence-electron chi connectivity index (χ4n) is 2.21. The first-order valence-electron chi connectivity index (χ1n) is 6.52. The molecule has 1 aromatic carbocycles. The molecule has 0 amide bonds. The highest BCUT2D eigenvalue weighted by Crippen LogP contribution is 2.32. The second-order valence-electron chi connectivity index (χ2n) is 4.47. The van der Waals surface area contributed by atoms with Crippen molar-refractivity contribution in [1.29, 1.82) is 0 Å². The summed E-state index contributed by atoms with van der Waals surface area (Å²) in [5.74, 6) is 1.30. The van der Waals surface area contributed by atoms with Gasteiger partial charge >= 0.3 is 11.9 Å². The van der Waals surface area contributed by atoms with Gasteiger partial charge in [-0.15, -0.1) is 6.42 Å². The zero-order chi connectivity index (χ0) is 16.1. The maximum atomic E-state index is 12.0. The van der Waals surface area contributed by atoms with Crippen LogP contribution in [0, 0.1) is 12.3 Å². The van der Waals surface area contributed by atoms with Crippen molar-refractivity contribution in [1.82, 2.24) is 4.90 Å². The zero-order valence-corrected chi connectivity index (χ0v) is 12.3. The van der Waals surface area contributed by atoms with E-state index in [-0.39, 0.29) is 5.70 Å². The van der Waals surface area contributed by atoms with Gasteiger partial charge in [0.05, 0.1) is 20.3 Å². The van der Waals surface area contributed by atoms with Crippen molar-refractivity contribution in [3.63, 3.8) is 0 Å². The lowest BCUT2D eigenvalue weighted by Gasteiger charge is -2.31. The van der Waals surface area contributed by atoms with Gasteiger partial charge in [-0.2, -0.15) is 0 Å². The van der Waals surface area contributed by atoms with Gasteiger partial charge in [-0.1, -0.05) is 30.2 Å². The number of hydrogen-bond donors (Lipinski definition) is 0. The molecular formula is C17H15NO4. The van der Waals surface area contributed by atoms with E-state index in [0.717, 1.165) is 17.2 Å². The molecule has 1 heterocycles. The van der Waals surface area contributed by atoms with Gasteiger partial charge < -0.3 is 14.4 Å². The van der Waals surface area contributed by atoms with Crippen LogP contribution in [0.3, 0.4) is 0 Å². The molecule has 5 heteroatoms. The third-order valence-corrected chi connectivity index (χ3v) is 3.27. The van der Waals surface area contributed by atoms with Gasteiger partial charge in [-0.3, -0.25) is 0 Å². The Balaban J connectivity index is 2.50. The molecule has 0 N–H and O–H groups in total. The van der Waals surface area contributed by atoms with E-state index >= 15 is 0 Å². The minimum Gasteiger partial charge on any atom is -0.466 e. The first kappa shape index (κ1) is 15.4. The minimum atomic E-state index is -0.672. The summed E-state index contributed by atoms with van der Waals surface area (Å²) in [6.07, 6.45) is 10.2. The Hall–Kier alpha value is -3.00. The minimum absolute atomic E-state index is 0.0167. The third-order valence-electron chi connectivity index (χ3n) is 3.27. The lowest BCUT2D eigenvalue weighted by molar-refractivity contribution is -0.139. The molecule has 1 aliphatic rings. The molecule has 1 aliphatic heterocycles. The summed E-state index contributed by atoms with van der Waals surface area (Å²) in [5, 5.41) is 0. The van der Waals surface area contributed by atoms with Crippen LogP contribution < -0.4 is 0 Å². The Bertz CT molecular complexity index is 697. The average molecular weight is 297 g/mol. The summed E-state index contributed by atoms with van der Waals surface area (Å²) < 4.78 is 9.31. The molecule has 0 fully saturated rings. The molecular weight excluding hydrogens is 282 g/mol. The van der Waals surface area contributed by atoms with Gasteiger partial charge in [-0.05, 0) is 17.2 Å². The first-order valence-corrected chi connectivity index (χ1v) is 6.52. The van der Waals surface area contributed by atoms with Crippen molar-refractivity contribution in [2.24, 2.45) is 0 Å². The Morgan fingerprint density at radius 1 is 1.27 bits per heavy atom. The molecule has 0 aromatic heterocycles. The van der Waals surface area contributed by atoms with Crippen molar-refractivity contribution >= 4 is 18.0 Å². The summed E-state index contributed by atoms with van der Waals surface area (Å²) in [5.41, 5.74) is 1.85.